The van der Waals surface area contributed by atoms with E-state index in [0.717, 1.165) is 45.9 Å². The van der Waals surface area contributed by atoms with Crippen LogP contribution in [0.1, 0.15) is 36.1 Å². The van der Waals surface area contributed by atoms with E-state index < -0.39 is 36.0 Å². The predicted molar refractivity (Wildman–Crippen MR) is 159 cm³/mol. The largest absolute Gasteiger partial charge is 0.466 e. The Hall–Kier alpha value is -4.74. The molecule has 0 bridgehead atoms. The second kappa shape index (κ2) is 13.1. The Morgan fingerprint density at radius 1 is 1.13 bits per heavy atom. The fraction of sp³-hybridized carbons (Fsp3) is 0.387. The fourth-order valence-corrected chi connectivity index (χ4v) is 5.17. The third-order valence-corrected chi connectivity index (χ3v) is 7.33. The van der Waals surface area contributed by atoms with Crippen molar-refractivity contribution in [3.05, 3.63) is 87.0 Å². The van der Waals surface area contributed by atoms with Gasteiger partial charge in [0.15, 0.2) is 5.78 Å². The van der Waals surface area contributed by atoms with Gasteiger partial charge in [-0.05, 0) is 42.8 Å². The number of anilines is 2. The number of rotatable bonds is 11. The molecule has 0 saturated heterocycles. The SMILES string of the molecule is COC(=O)C1=C(C)N(c2cccc(C(F)(F)F)c2)c2nn(CC(=O)CNCCC[N+](C)(C)C)c(=O)n2C1c1ccc(C#N)cc1. The molecule has 1 aliphatic heterocycles. The molecule has 0 saturated carbocycles. The Morgan fingerprint density at radius 2 is 1.82 bits per heavy atom. The Balaban J connectivity index is 1.82. The van der Waals surface area contributed by atoms with Crippen LogP contribution in [-0.4, -0.2) is 78.5 Å². The van der Waals surface area contributed by atoms with Crippen molar-refractivity contribution in [2.24, 2.45) is 0 Å². The standard InChI is InChI=1S/C31H35F3N7O4/c1-20-26(28(43)45-5)27(22-12-10-21(17-35)11-13-22)40-29(39(20)24-9-6-8-23(16-24)31(32,33)34)37-38(30(40)44)19-25(42)18-36-14-7-15-41(2,3)4/h6,8-13,16,27,36H,7,14-15,18-19H2,1-5H3/q+1. The highest BCUT2D eigenvalue weighted by molar-refractivity contribution is 5.93. The first-order chi connectivity index (χ1) is 21.2. The van der Waals surface area contributed by atoms with Crippen molar-refractivity contribution in [2.45, 2.75) is 32.1 Å². The van der Waals surface area contributed by atoms with Gasteiger partial charge in [0.05, 0.1) is 64.1 Å². The molecule has 2 heterocycles. The van der Waals surface area contributed by atoms with Crippen LogP contribution in [0.4, 0.5) is 24.8 Å². The molecule has 45 heavy (non-hydrogen) atoms. The predicted octanol–water partition coefficient (Wildman–Crippen LogP) is 3.38. The van der Waals surface area contributed by atoms with E-state index >= 15 is 0 Å². The lowest BCUT2D eigenvalue weighted by Gasteiger charge is -2.35. The van der Waals surface area contributed by atoms with Gasteiger partial charge < -0.3 is 14.5 Å². The quantitative estimate of drug-likeness (QED) is 0.195. The van der Waals surface area contributed by atoms with E-state index in [0.29, 0.717) is 17.7 Å². The van der Waals surface area contributed by atoms with E-state index in [1.54, 1.807) is 12.1 Å². The fourth-order valence-electron chi connectivity index (χ4n) is 5.17. The highest BCUT2D eigenvalue weighted by Crippen LogP contribution is 2.43. The van der Waals surface area contributed by atoms with E-state index in [4.69, 9.17) is 4.74 Å². The number of carbonyl (C=O) groups is 2. The van der Waals surface area contributed by atoms with Crippen LogP contribution >= 0.6 is 0 Å². The average molecular weight is 627 g/mol. The number of nitriles is 1. The molecular formula is C31H35F3N7O4+. The first-order valence-corrected chi connectivity index (χ1v) is 14.1. The highest BCUT2D eigenvalue weighted by Gasteiger charge is 2.41. The molecule has 1 unspecified atom stereocenters. The first-order valence-electron chi connectivity index (χ1n) is 14.1. The number of benzene rings is 2. The molecule has 1 aromatic heterocycles. The van der Waals surface area contributed by atoms with E-state index in [2.05, 4.69) is 31.6 Å². The summed E-state index contributed by atoms with van der Waals surface area (Å²) in [4.78, 5) is 41.4. The number of carbonyl (C=O) groups excluding carboxylic acids is 2. The number of quaternary nitrogens is 1. The highest BCUT2D eigenvalue weighted by atomic mass is 19.4. The summed E-state index contributed by atoms with van der Waals surface area (Å²) in [5.74, 6) is -1.25. The molecule has 4 rings (SSSR count). The van der Waals surface area contributed by atoms with Crippen LogP contribution < -0.4 is 15.9 Å². The maximum atomic E-state index is 14.0. The Kier molecular flexibility index (Phi) is 9.65. The molecule has 3 aromatic rings. The topological polar surface area (TPSA) is 122 Å². The third kappa shape index (κ3) is 7.33. The van der Waals surface area contributed by atoms with Gasteiger partial charge in [-0.2, -0.15) is 18.4 Å². The molecule has 11 nitrogen and oxygen atoms in total. The number of aromatic nitrogens is 3. The molecule has 238 valence electrons. The zero-order chi connectivity index (χ0) is 33.1. The second-order valence-corrected chi connectivity index (χ2v) is 11.7. The van der Waals surface area contributed by atoms with Crippen LogP contribution in [0.2, 0.25) is 0 Å². The van der Waals surface area contributed by atoms with Gasteiger partial charge in [0, 0.05) is 24.4 Å². The summed E-state index contributed by atoms with van der Waals surface area (Å²) in [6.45, 7) is 2.57. The smallest absolute Gasteiger partial charge is 0.416 e. The van der Waals surface area contributed by atoms with Gasteiger partial charge in [0.1, 0.15) is 12.6 Å². The minimum atomic E-state index is -4.66. The third-order valence-electron chi connectivity index (χ3n) is 7.33. The normalized spacial score (nSPS) is 15.1. The van der Waals surface area contributed by atoms with Crippen molar-refractivity contribution < 1.29 is 32.0 Å². The number of ketones is 1. The van der Waals surface area contributed by atoms with Gasteiger partial charge in [0.2, 0.25) is 5.95 Å². The van der Waals surface area contributed by atoms with Crippen molar-refractivity contribution in [2.75, 3.05) is 52.8 Å². The van der Waals surface area contributed by atoms with Crippen LogP contribution in [0.5, 0.6) is 0 Å². The maximum absolute atomic E-state index is 14.0. The molecule has 1 aliphatic rings. The van der Waals surface area contributed by atoms with Gasteiger partial charge in [-0.1, -0.05) is 18.2 Å². The minimum Gasteiger partial charge on any atom is -0.466 e. The number of fused-ring (bicyclic) bond motifs is 1. The van der Waals surface area contributed by atoms with E-state index in [-0.39, 0.29) is 35.2 Å². The Labute approximate surface area is 258 Å². The number of allylic oxidation sites excluding steroid dienone is 1. The number of halogens is 3. The molecule has 14 heteroatoms. The van der Waals surface area contributed by atoms with E-state index in [1.807, 2.05) is 6.07 Å². The number of nitrogens with one attached hydrogen (secondary N) is 1. The van der Waals surface area contributed by atoms with Crippen LogP contribution in [-0.2, 0) is 27.0 Å². The maximum Gasteiger partial charge on any atom is 0.416 e. The summed E-state index contributed by atoms with van der Waals surface area (Å²) >= 11 is 0. The molecule has 0 aliphatic carbocycles. The van der Waals surface area contributed by atoms with Gasteiger partial charge >= 0.3 is 17.8 Å². The number of hydrogen-bond donors (Lipinski definition) is 1. The number of ether oxygens (including phenoxy) is 1. The summed E-state index contributed by atoms with van der Waals surface area (Å²) < 4.78 is 49.1. The summed E-state index contributed by atoms with van der Waals surface area (Å²) in [7, 11) is 7.34. The average Bonchev–Trinajstić information content (AvgIpc) is 3.29. The van der Waals surface area contributed by atoms with Gasteiger partial charge in [-0.25, -0.2) is 18.8 Å². The van der Waals surface area contributed by atoms with Gasteiger partial charge in [-0.15, -0.1) is 5.10 Å². The molecular weight excluding hydrogens is 591 g/mol. The number of hydrogen-bond acceptors (Lipinski definition) is 8. The summed E-state index contributed by atoms with van der Waals surface area (Å²) in [5, 5.41) is 16.8. The van der Waals surface area contributed by atoms with Crippen LogP contribution in [0.3, 0.4) is 0 Å². The monoisotopic (exact) mass is 626 g/mol. The Morgan fingerprint density at radius 3 is 2.42 bits per heavy atom. The number of alkyl halides is 3. The van der Waals surface area contributed by atoms with Crippen molar-refractivity contribution in [1.29, 1.82) is 5.26 Å². The lowest BCUT2D eigenvalue weighted by Crippen LogP contribution is -2.39. The van der Waals surface area contributed by atoms with Crippen LogP contribution in [0.15, 0.2) is 64.6 Å². The summed E-state index contributed by atoms with van der Waals surface area (Å²) in [6.07, 6.45) is -3.83. The lowest BCUT2D eigenvalue weighted by molar-refractivity contribution is -0.870. The second-order valence-electron chi connectivity index (χ2n) is 11.7. The van der Waals surface area contributed by atoms with Crippen LogP contribution in [0.25, 0.3) is 0 Å². The number of esters is 1. The molecule has 0 spiro atoms. The molecule has 2 aromatic carbocycles. The first kappa shape index (κ1) is 33.2. The van der Waals surface area contributed by atoms with Crippen molar-refractivity contribution in [1.82, 2.24) is 19.7 Å². The van der Waals surface area contributed by atoms with Gasteiger partial charge in [0.25, 0.3) is 0 Å². The lowest BCUT2D eigenvalue weighted by atomic mass is 9.93. The molecule has 1 atom stereocenters. The Bertz CT molecular complexity index is 1710. The molecule has 0 fully saturated rings. The van der Waals surface area contributed by atoms with Crippen LogP contribution in [0, 0.1) is 11.3 Å². The number of methoxy groups -OCH3 is 1. The zero-order valence-electron chi connectivity index (χ0n) is 25.7. The molecule has 0 amide bonds. The number of Topliss-reactive ketones (excluding diaryl/α,β-unsaturated/α-hetero) is 1. The molecule has 0 radical (unpaired) electrons. The van der Waals surface area contributed by atoms with E-state index in [1.165, 1.54) is 36.1 Å². The van der Waals surface area contributed by atoms with E-state index in [9.17, 15) is 32.8 Å². The van der Waals surface area contributed by atoms with Crippen molar-refractivity contribution >= 4 is 23.4 Å². The minimum absolute atomic E-state index is 0.00866. The number of nitrogens with zero attached hydrogens (tertiary/aromatic N) is 6. The molecule has 1 N–H and O–H groups in total. The van der Waals surface area contributed by atoms with Gasteiger partial charge in [-0.3, -0.25) is 9.69 Å². The van der Waals surface area contributed by atoms with Crippen molar-refractivity contribution in [3.8, 4) is 6.07 Å². The summed E-state index contributed by atoms with van der Waals surface area (Å²) in [5.41, 5.74) is -0.811. The zero-order valence-corrected chi connectivity index (χ0v) is 25.7. The van der Waals surface area contributed by atoms with Crippen molar-refractivity contribution in [3.63, 3.8) is 0 Å². The summed E-state index contributed by atoms with van der Waals surface area (Å²) in [6, 6.07) is 11.5.